The third-order valence-corrected chi connectivity index (χ3v) is 6.19. The maximum absolute atomic E-state index is 13.4. The molecule has 14 nitrogen and oxygen atoms in total. The van der Waals surface area contributed by atoms with Gasteiger partial charge < -0.3 is 38.8 Å². The van der Waals surface area contributed by atoms with Gasteiger partial charge in [0.15, 0.2) is 23.0 Å². The van der Waals surface area contributed by atoms with E-state index in [1.165, 1.54) is 50.6 Å². The van der Waals surface area contributed by atoms with Crippen molar-refractivity contribution in [3.63, 3.8) is 0 Å². The van der Waals surface area contributed by atoms with Crippen LogP contribution in [-0.2, 0) is 28.7 Å². The first-order chi connectivity index (χ1) is 21.3. The van der Waals surface area contributed by atoms with Crippen molar-refractivity contribution in [1.29, 1.82) is 0 Å². The SMILES string of the molecule is COc1cc(C(=O)O[C@@H](C(=O)O)[C@@H](OC(=O)c2ccc(OC(C)=O)c(OC)c2)C(=O)Nc2ccc(Br)cc2)ccc1OC(C)=O. The molecule has 3 rings (SSSR count). The number of amides is 1. The number of methoxy groups -OCH3 is 2. The molecule has 2 N–H and O–H groups in total. The average molecular weight is 688 g/mol. The van der Waals surface area contributed by atoms with Crippen LogP contribution in [0.3, 0.4) is 0 Å². The fraction of sp³-hybridized carbons (Fsp3) is 0.200. The van der Waals surface area contributed by atoms with Gasteiger partial charge >= 0.3 is 29.8 Å². The van der Waals surface area contributed by atoms with Gasteiger partial charge in [-0.15, -0.1) is 0 Å². The molecule has 15 heteroatoms. The number of halogens is 1. The van der Waals surface area contributed by atoms with Crippen LogP contribution < -0.4 is 24.3 Å². The van der Waals surface area contributed by atoms with Crippen molar-refractivity contribution < 1.29 is 62.3 Å². The predicted molar refractivity (Wildman–Crippen MR) is 157 cm³/mol. The van der Waals surface area contributed by atoms with Crippen molar-refractivity contribution in [1.82, 2.24) is 0 Å². The minimum absolute atomic E-state index is 0.0152. The second-order valence-corrected chi connectivity index (χ2v) is 9.82. The standard InChI is InChI=1S/C30H26BrNO13/c1-15(33)42-21-11-5-17(13-23(21)40-3)29(38)44-25(27(35)32-20-9-7-19(31)8-10-20)26(28(36)37)45-30(39)18-6-12-22(43-16(2)34)24(14-18)41-4/h5-14,25-26H,1-4H3,(H,32,35)(H,36,37)/t25-,26-/m1/s1. The van der Waals surface area contributed by atoms with E-state index in [-0.39, 0.29) is 39.8 Å². The van der Waals surface area contributed by atoms with Crippen LogP contribution in [0.5, 0.6) is 23.0 Å². The molecule has 0 aromatic heterocycles. The number of rotatable bonds is 12. The minimum Gasteiger partial charge on any atom is -0.493 e. The molecule has 0 unspecified atom stereocenters. The summed E-state index contributed by atoms with van der Waals surface area (Å²) in [6, 6.07) is 13.2. The number of hydrogen-bond donors (Lipinski definition) is 2. The van der Waals surface area contributed by atoms with E-state index in [9.17, 15) is 33.9 Å². The Morgan fingerprint density at radius 1 is 0.667 bits per heavy atom. The molecule has 0 fully saturated rings. The smallest absolute Gasteiger partial charge is 0.349 e. The van der Waals surface area contributed by atoms with Crippen LogP contribution in [0.1, 0.15) is 34.6 Å². The molecule has 0 radical (unpaired) electrons. The van der Waals surface area contributed by atoms with E-state index >= 15 is 0 Å². The Labute approximate surface area is 264 Å². The minimum atomic E-state index is -2.35. The first-order valence-corrected chi connectivity index (χ1v) is 13.6. The number of carbonyl (C=O) groups excluding carboxylic acids is 5. The van der Waals surface area contributed by atoms with E-state index in [0.717, 1.165) is 26.0 Å². The van der Waals surface area contributed by atoms with Gasteiger partial charge in [-0.3, -0.25) is 14.4 Å². The van der Waals surface area contributed by atoms with Crippen LogP contribution in [0.25, 0.3) is 0 Å². The van der Waals surface area contributed by atoms with Crippen LogP contribution in [-0.4, -0.2) is 67.3 Å². The number of benzene rings is 3. The molecule has 0 spiro atoms. The zero-order valence-electron chi connectivity index (χ0n) is 24.2. The number of anilines is 1. The van der Waals surface area contributed by atoms with E-state index in [4.69, 9.17) is 28.4 Å². The summed E-state index contributed by atoms with van der Waals surface area (Å²) in [4.78, 5) is 74.7. The Bertz CT molecular complexity index is 1620. The van der Waals surface area contributed by atoms with Crippen LogP contribution in [0.15, 0.2) is 65.1 Å². The average Bonchev–Trinajstić information content (AvgIpc) is 2.99. The second-order valence-electron chi connectivity index (χ2n) is 8.90. The van der Waals surface area contributed by atoms with Crippen LogP contribution in [0.4, 0.5) is 5.69 Å². The molecular weight excluding hydrogens is 662 g/mol. The van der Waals surface area contributed by atoms with Crippen molar-refractivity contribution in [2.75, 3.05) is 19.5 Å². The van der Waals surface area contributed by atoms with E-state index < -0.39 is 48.0 Å². The van der Waals surface area contributed by atoms with E-state index in [2.05, 4.69) is 21.2 Å². The highest BCUT2D eigenvalue weighted by molar-refractivity contribution is 9.10. The summed E-state index contributed by atoms with van der Waals surface area (Å²) in [5.41, 5.74) is -0.249. The van der Waals surface area contributed by atoms with Crippen LogP contribution in [0, 0.1) is 0 Å². The van der Waals surface area contributed by atoms with Gasteiger partial charge in [0.1, 0.15) is 0 Å². The molecule has 0 heterocycles. The molecule has 0 aliphatic rings. The maximum Gasteiger partial charge on any atom is 0.349 e. The lowest BCUT2D eigenvalue weighted by molar-refractivity contribution is -0.157. The third-order valence-electron chi connectivity index (χ3n) is 5.66. The fourth-order valence-electron chi connectivity index (χ4n) is 3.68. The number of ether oxygens (including phenoxy) is 6. The van der Waals surface area contributed by atoms with Crippen molar-refractivity contribution in [2.45, 2.75) is 26.1 Å². The number of carbonyl (C=O) groups is 6. The van der Waals surface area contributed by atoms with Gasteiger partial charge in [-0.1, -0.05) is 15.9 Å². The molecular formula is C30H26BrNO13. The molecule has 3 aromatic rings. The first-order valence-electron chi connectivity index (χ1n) is 12.8. The monoisotopic (exact) mass is 687 g/mol. The Morgan fingerprint density at radius 2 is 1.11 bits per heavy atom. The summed E-state index contributed by atoms with van der Waals surface area (Å²) < 4.78 is 31.4. The molecule has 3 aromatic carbocycles. The fourth-order valence-corrected chi connectivity index (χ4v) is 3.94. The Balaban J connectivity index is 1.96. The summed E-state index contributed by atoms with van der Waals surface area (Å²) in [5.74, 6) is -6.83. The topological polar surface area (TPSA) is 190 Å². The number of esters is 4. The van der Waals surface area contributed by atoms with Gasteiger partial charge in [0, 0.05) is 24.0 Å². The van der Waals surface area contributed by atoms with E-state index in [1.807, 2.05) is 0 Å². The number of nitrogens with one attached hydrogen (secondary N) is 1. The number of hydrogen-bond acceptors (Lipinski definition) is 12. The zero-order chi connectivity index (χ0) is 33.3. The Morgan fingerprint density at radius 3 is 1.51 bits per heavy atom. The molecule has 1 amide bonds. The normalized spacial score (nSPS) is 11.7. The van der Waals surface area contributed by atoms with Crippen molar-refractivity contribution in [2.24, 2.45) is 0 Å². The van der Waals surface area contributed by atoms with E-state index in [1.54, 1.807) is 12.1 Å². The van der Waals surface area contributed by atoms with Crippen molar-refractivity contribution in [3.05, 3.63) is 76.3 Å². The first kappa shape index (κ1) is 34.1. The second kappa shape index (κ2) is 15.3. The molecule has 45 heavy (non-hydrogen) atoms. The van der Waals surface area contributed by atoms with Crippen molar-refractivity contribution in [3.8, 4) is 23.0 Å². The van der Waals surface area contributed by atoms with Gasteiger partial charge in [0.25, 0.3) is 5.91 Å². The van der Waals surface area contributed by atoms with Crippen LogP contribution >= 0.6 is 15.9 Å². The highest BCUT2D eigenvalue weighted by Gasteiger charge is 2.41. The van der Waals surface area contributed by atoms with Crippen molar-refractivity contribution >= 4 is 57.4 Å². The molecule has 0 saturated heterocycles. The lowest BCUT2D eigenvalue weighted by atomic mass is 10.1. The molecule has 0 aliphatic carbocycles. The number of carboxylic acids is 1. The molecule has 236 valence electrons. The van der Waals surface area contributed by atoms with Gasteiger partial charge in [0.2, 0.25) is 12.2 Å². The van der Waals surface area contributed by atoms with Crippen LogP contribution in [0.2, 0.25) is 0 Å². The molecule has 0 bridgehead atoms. The molecule has 0 saturated carbocycles. The van der Waals surface area contributed by atoms with E-state index in [0.29, 0.717) is 4.47 Å². The highest BCUT2D eigenvalue weighted by Crippen LogP contribution is 2.30. The number of carboxylic acid groups (broad SMARTS) is 1. The summed E-state index contributed by atoms with van der Waals surface area (Å²) in [7, 11) is 2.49. The summed E-state index contributed by atoms with van der Waals surface area (Å²) in [6.07, 6.45) is -4.57. The lowest BCUT2D eigenvalue weighted by Gasteiger charge is -2.24. The van der Waals surface area contributed by atoms with Gasteiger partial charge in [0.05, 0.1) is 25.3 Å². The summed E-state index contributed by atoms with van der Waals surface area (Å²) in [5, 5.41) is 12.4. The van der Waals surface area contributed by atoms with Gasteiger partial charge in [-0.25, -0.2) is 14.4 Å². The van der Waals surface area contributed by atoms with Gasteiger partial charge in [-0.05, 0) is 60.7 Å². The zero-order valence-corrected chi connectivity index (χ0v) is 25.7. The predicted octanol–water partition coefficient (Wildman–Crippen LogP) is 3.79. The molecule has 2 atom stereocenters. The summed E-state index contributed by atoms with van der Waals surface area (Å²) >= 11 is 3.26. The third kappa shape index (κ3) is 9.27. The summed E-state index contributed by atoms with van der Waals surface area (Å²) in [6.45, 7) is 2.32. The Kier molecular flexibility index (Phi) is 11.6. The highest BCUT2D eigenvalue weighted by atomic mass is 79.9. The maximum atomic E-state index is 13.4. The lowest BCUT2D eigenvalue weighted by Crippen LogP contribution is -2.48. The Hall–Kier alpha value is -5.44. The van der Waals surface area contributed by atoms with Gasteiger partial charge in [-0.2, -0.15) is 0 Å². The quantitative estimate of drug-likeness (QED) is 0.207. The number of aliphatic carboxylic acids is 1. The largest absolute Gasteiger partial charge is 0.493 e. The molecule has 0 aliphatic heterocycles.